The average molecular weight is 726 g/mol. The van der Waals surface area contributed by atoms with Crippen LogP contribution < -0.4 is 27.0 Å². The maximum Gasteiger partial charge on any atom is 0.272 e. The van der Waals surface area contributed by atoms with Crippen LogP contribution in [0.2, 0.25) is 0 Å². The number of oxime groups is 1. The number of carbonyl (C=O) groups excluding carboxylic acids is 4. The zero-order valence-electron chi connectivity index (χ0n) is 27.3. The Morgan fingerprint density at radius 1 is 0.860 bits per heavy atom. The van der Waals surface area contributed by atoms with Crippen LogP contribution in [0.15, 0.2) is 77.1 Å². The van der Waals surface area contributed by atoms with Crippen LogP contribution in [0.4, 0.5) is 17.2 Å². The molecule has 0 radical (unpaired) electrons. The summed E-state index contributed by atoms with van der Waals surface area (Å²) < 4.78 is 28.8. The van der Waals surface area contributed by atoms with Crippen molar-refractivity contribution in [3.8, 4) is 0 Å². The number of amides is 4. The van der Waals surface area contributed by atoms with Crippen molar-refractivity contribution >= 4 is 74.2 Å². The summed E-state index contributed by atoms with van der Waals surface area (Å²) in [5.74, 6) is -1.72. The van der Waals surface area contributed by atoms with E-state index in [0.717, 1.165) is 0 Å². The van der Waals surface area contributed by atoms with Crippen molar-refractivity contribution in [2.45, 2.75) is 11.3 Å². The number of amidine groups is 1. The molecule has 7 N–H and O–H groups in total. The van der Waals surface area contributed by atoms with Crippen LogP contribution in [-0.2, 0) is 35.8 Å². The van der Waals surface area contributed by atoms with Crippen LogP contribution in [0, 0.1) is 0 Å². The molecule has 3 aromatic heterocycles. The first-order chi connectivity index (χ1) is 23.7. The maximum absolute atomic E-state index is 13.1. The number of hydrogen-bond acceptors (Lipinski definition) is 8. The van der Waals surface area contributed by atoms with Crippen LogP contribution in [0.5, 0.6) is 0 Å². The molecule has 0 bridgehead atoms. The number of benzene rings is 1. The van der Waals surface area contributed by atoms with Crippen LogP contribution >= 0.6 is 11.6 Å². The van der Waals surface area contributed by atoms with E-state index in [1.807, 2.05) is 0 Å². The second-order valence-corrected chi connectivity index (χ2v) is 13.5. The fourth-order valence-corrected chi connectivity index (χ4v) is 6.36. The fraction of sp³-hybridized carbons (Fsp3) is 0.219. The highest BCUT2D eigenvalue weighted by Gasteiger charge is 2.19. The van der Waals surface area contributed by atoms with Gasteiger partial charge in [-0.05, 0) is 48.0 Å². The lowest BCUT2D eigenvalue weighted by molar-refractivity contribution is -0.111. The van der Waals surface area contributed by atoms with Crippen molar-refractivity contribution in [1.29, 1.82) is 0 Å². The smallest absolute Gasteiger partial charge is 0.272 e. The summed E-state index contributed by atoms with van der Waals surface area (Å²) in [5.41, 5.74) is 7.47. The summed E-state index contributed by atoms with van der Waals surface area (Å²) in [6.07, 6.45) is 6.10. The maximum atomic E-state index is 13.1. The molecule has 0 saturated heterocycles. The summed E-state index contributed by atoms with van der Waals surface area (Å²) in [4.78, 5) is 51.4. The Labute approximate surface area is 292 Å². The SMILES string of the molecule is Cn1cc(NC(=O)c2cc(NC(=O)c3ccc(NC(=O)/C=C/c4ccc(S(=O)(=O)CCCl)cc4)n3C)cn2C)cc1C(=O)NCC/C(N)=N\O. The molecule has 0 saturated carbocycles. The molecule has 3 heterocycles. The highest BCUT2D eigenvalue weighted by atomic mass is 35.5. The van der Waals surface area contributed by atoms with Crippen LogP contribution in [0.1, 0.15) is 43.4 Å². The van der Waals surface area contributed by atoms with Gasteiger partial charge in [0.25, 0.3) is 17.7 Å². The number of halogens is 1. The number of aromatic nitrogens is 3. The Kier molecular flexibility index (Phi) is 11.9. The molecule has 0 atom stereocenters. The number of nitrogens with zero attached hydrogens (tertiary/aromatic N) is 4. The highest BCUT2D eigenvalue weighted by molar-refractivity contribution is 7.91. The molecule has 0 aliphatic heterocycles. The highest BCUT2D eigenvalue weighted by Crippen LogP contribution is 2.20. The van der Waals surface area contributed by atoms with Gasteiger partial charge >= 0.3 is 0 Å². The van der Waals surface area contributed by atoms with E-state index in [2.05, 4.69) is 26.4 Å². The monoisotopic (exact) mass is 725 g/mol. The van der Waals surface area contributed by atoms with Gasteiger partial charge in [0, 0.05) is 58.5 Å². The molecular formula is C32H36ClN9O7S. The predicted molar refractivity (Wildman–Crippen MR) is 189 cm³/mol. The van der Waals surface area contributed by atoms with Gasteiger partial charge in [0.2, 0.25) is 5.91 Å². The number of sulfone groups is 1. The molecule has 4 aromatic rings. The fourth-order valence-electron chi connectivity index (χ4n) is 4.76. The van der Waals surface area contributed by atoms with Crippen LogP contribution in [0.3, 0.4) is 0 Å². The van der Waals surface area contributed by atoms with E-state index in [1.165, 1.54) is 56.2 Å². The van der Waals surface area contributed by atoms with Gasteiger partial charge in [-0.2, -0.15) is 0 Å². The first-order valence-electron chi connectivity index (χ1n) is 15.0. The Morgan fingerprint density at radius 2 is 1.44 bits per heavy atom. The Morgan fingerprint density at radius 3 is 2.02 bits per heavy atom. The largest absolute Gasteiger partial charge is 0.409 e. The topological polar surface area (TPSA) is 224 Å². The first kappa shape index (κ1) is 37.0. The van der Waals surface area contributed by atoms with E-state index < -0.39 is 33.5 Å². The third-order valence-corrected chi connectivity index (χ3v) is 9.55. The van der Waals surface area contributed by atoms with Gasteiger partial charge in [-0.25, -0.2) is 8.42 Å². The summed E-state index contributed by atoms with van der Waals surface area (Å²) in [7, 11) is 1.42. The van der Waals surface area contributed by atoms with Gasteiger partial charge < -0.3 is 45.9 Å². The minimum atomic E-state index is -3.46. The number of nitrogens with two attached hydrogens (primary N) is 1. The normalized spacial score (nSPS) is 11.8. The predicted octanol–water partition coefficient (Wildman–Crippen LogP) is 2.74. The van der Waals surface area contributed by atoms with E-state index in [4.69, 9.17) is 22.5 Å². The van der Waals surface area contributed by atoms with E-state index >= 15 is 0 Å². The minimum absolute atomic E-state index is 0.0109. The molecular weight excluding hydrogens is 690 g/mol. The second kappa shape index (κ2) is 16.1. The zero-order valence-corrected chi connectivity index (χ0v) is 28.9. The molecule has 0 spiro atoms. The molecule has 0 unspecified atom stereocenters. The van der Waals surface area contributed by atoms with Crippen molar-refractivity contribution in [3.63, 3.8) is 0 Å². The van der Waals surface area contributed by atoms with Gasteiger partial charge in [-0.1, -0.05) is 17.3 Å². The number of carbonyl (C=O) groups is 4. The summed E-state index contributed by atoms with van der Waals surface area (Å²) in [6, 6.07) is 12.1. The second-order valence-electron chi connectivity index (χ2n) is 11.0. The third kappa shape index (κ3) is 9.20. The Hall–Kier alpha value is -5.81. The van der Waals surface area contributed by atoms with Crippen molar-refractivity contribution < 1.29 is 32.8 Å². The summed E-state index contributed by atoms with van der Waals surface area (Å²) in [6.45, 7) is 0.153. The lowest BCUT2D eigenvalue weighted by atomic mass is 10.2. The molecule has 50 heavy (non-hydrogen) atoms. The zero-order chi connectivity index (χ0) is 36.6. The van der Waals surface area contributed by atoms with E-state index in [1.54, 1.807) is 51.7 Å². The molecule has 4 amide bonds. The molecule has 1 aromatic carbocycles. The number of alkyl halides is 1. The van der Waals surface area contributed by atoms with E-state index in [-0.39, 0.29) is 52.4 Å². The molecule has 18 heteroatoms. The van der Waals surface area contributed by atoms with Crippen LogP contribution in [-0.4, -0.2) is 75.0 Å². The summed E-state index contributed by atoms with van der Waals surface area (Å²) in [5, 5.41) is 22.3. The molecule has 4 rings (SSSR count). The van der Waals surface area contributed by atoms with Gasteiger partial charge in [0.15, 0.2) is 9.84 Å². The van der Waals surface area contributed by atoms with Crippen molar-refractivity contribution in [1.82, 2.24) is 19.0 Å². The van der Waals surface area contributed by atoms with Crippen molar-refractivity contribution in [2.75, 3.05) is 34.1 Å². The molecule has 0 fully saturated rings. The Balaban J connectivity index is 1.34. The average Bonchev–Trinajstić information content (AvgIpc) is 3.75. The van der Waals surface area contributed by atoms with Gasteiger partial charge in [-0.15, -0.1) is 11.6 Å². The number of hydrogen-bond donors (Lipinski definition) is 6. The third-order valence-electron chi connectivity index (χ3n) is 7.40. The Bertz CT molecular complexity index is 2080. The molecule has 0 aliphatic rings. The minimum Gasteiger partial charge on any atom is -0.409 e. The van der Waals surface area contributed by atoms with Crippen molar-refractivity contribution in [2.24, 2.45) is 32.0 Å². The number of anilines is 3. The molecule has 264 valence electrons. The van der Waals surface area contributed by atoms with E-state index in [9.17, 15) is 27.6 Å². The first-order valence-corrected chi connectivity index (χ1v) is 17.1. The van der Waals surface area contributed by atoms with E-state index in [0.29, 0.717) is 22.8 Å². The number of nitrogens with one attached hydrogen (secondary N) is 4. The van der Waals surface area contributed by atoms with Gasteiger partial charge in [-0.3, -0.25) is 19.2 Å². The number of rotatable bonds is 14. The van der Waals surface area contributed by atoms with Crippen LogP contribution in [0.25, 0.3) is 6.08 Å². The lowest BCUT2D eigenvalue weighted by Crippen LogP contribution is -2.29. The molecule has 16 nitrogen and oxygen atoms in total. The van der Waals surface area contributed by atoms with Crippen molar-refractivity contribution in [3.05, 3.63) is 89.6 Å². The summed E-state index contributed by atoms with van der Waals surface area (Å²) >= 11 is 5.56. The van der Waals surface area contributed by atoms with Gasteiger partial charge in [0.1, 0.15) is 28.7 Å². The quantitative estimate of drug-likeness (QED) is 0.0282. The molecule has 0 aliphatic carbocycles. The standard InChI is InChI=1S/C32H36ClN9O7S/c1-40-18-21(16-25(40)30(44)35-14-12-27(34)39-47)37-32(46)26-17-22(19-41(26)2)36-31(45)24-9-10-28(42(24)3)38-29(43)11-6-20-4-7-23(8-5-20)50(48,49)15-13-33/h4-11,16-19,47H,12-15H2,1-3H3,(H2,34,39)(H,35,44)(H,36,45)(H,37,46)(H,38,43)/b11-6+. The van der Waals surface area contributed by atoms with Gasteiger partial charge in [0.05, 0.1) is 22.0 Å². The number of aryl methyl sites for hydroxylation is 2. The lowest BCUT2D eigenvalue weighted by Gasteiger charge is -2.08.